The minimum atomic E-state index is -4.71. The monoisotopic (exact) mass is 772 g/mol. The summed E-state index contributed by atoms with van der Waals surface area (Å²) >= 11 is 2.73. The van der Waals surface area contributed by atoms with Gasteiger partial charge in [0, 0.05) is 48.0 Å². The lowest BCUT2D eigenvalue weighted by molar-refractivity contribution is -0.557. The molecule has 4 bridgehead atoms. The fraction of sp³-hybridized carbons (Fsp3) is 0.886. The Bertz CT molecular complexity index is 1340. The molecule has 0 N–H and O–H groups in total. The summed E-state index contributed by atoms with van der Waals surface area (Å²) in [6.07, 6.45) is -6.43. The number of halogens is 6. The number of fused-ring (bicyclic) bond motifs is 4. The molecular formula is C35H46F6O8S2. The highest BCUT2D eigenvalue weighted by molar-refractivity contribution is 8.00. The molecule has 10 aliphatic rings. The Kier molecular flexibility index (Phi) is 9.33. The van der Waals surface area contributed by atoms with E-state index in [1.54, 1.807) is 13.8 Å². The Morgan fingerprint density at radius 3 is 1.41 bits per heavy atom. The minimum Gasteiger partial charge on any atom is -0.456 e. The first-order valence-electron chi connectivity index (χ1n) is 18.2. The van der Waals surface area contributed by atoms with Crippen molar-refractivity contribution in [3.8, 4) is 0 Å². The summed E-state index contributed by atoms with van der Waals surface area (Å²) in [6.45, 7) is 7.53. The molecule has 0 aromatic heterocycles. The summed E-state index contributed by atoms with van der Waals surface area (Å²) in [4.78, 5) is 23.6. The smallest absolute Gasteiger partial charge is 0.449 e. The summed E-state index contributed by atoms with van der Waals surface area (Å²) in [5.74, 6) is -4.14. The summed E-state index contributed by atoms with van der Waals surface area (Å²) in [6, 6.07) is 0. The number of hydrogen-bond donors (Lipinski definition) is 0. The lowest BCUT2D eigenvalue weighted by atomic mass is 9.59. The van der Waals surface area contributed by atoms with Gasteiger partial charge in [-0.3, -0.25) is 0 Å². The van der Waals surface area contributed by atoms with Crippen molar-refractivity contribution < 1.29 is 64.8 Å². The van der Waals surface area contributed by atoms with Crippen molar-refractivity contribution in [1.82, 2.24) is 0 Å². The van der Waals surface area contributed by atoms with E-state index in [2.05, 4.69) is 13.8 Å². The van der Waals surface area contributed by atoms with Gasteiger partial charge in [0.1, 0.15) is 0 Å². The van der Waals surface area contributed by atoms with Crippen LogP contribution in [0.1, 0.15) is 85.5 Å². The van der Waals surface area contributed by atoms with Gasteiger partial charge >= 0.3 is 12.4 Å². The van der Waals surface area contributed by atoms with Crippen LogP contribution in [0.2, 0.25) is 0 Å². The van der Waals surface area contributed by atoms with Gasteiger partial charge in [-0.25, -0.2) is 19.6 Å². The van der Waals surface area contributed by atoms with Crippen LogP contribution in [-0.2, 0) is 38.5 Å². The molecule has 2 aliphatic carbocycles. The third-order valence-corrected chi connectivity index (χ3v) is 15.1. The predicted octanol–water partition coefficient (Wildman–Crippen LogP) is 8.97. The first-order chi connectivity index (χ1) is 24.0. The zero-order chi connectivity index (χ0) is 36.2. The highest BCUT2D eigenvalue weighted by atomic mass is 32.2. The van der Waals surface area contributed by atoms with Crippen molar-refractivity contribution in [2.24, 2.45) is 35.5 Å². The molecule has 8 fully saturated rings. The molecule has 8 aliphatic heterocycles. The highest BCUT2D eigenvalue weighted by Crippen LogP contribution is 2.63. The summed E-state index contributed by atoms with van der Waals surface area (Å²) < 4.78 is 111. The van der Waals surface area contributed by atoms with Gasteiger partial charge < -0.3 is 18.9 Å². The first-order valence-corrected chi connectivity index (χ1v) is 20.5. The van der Waals surface area contributed by atoms with Crippen molar-refractivity contribution in [1.29, 1.82) is 0 Å². The normalized spacial score (nSPS) is 46.2. The molecule has 4 unspecified atom stereocenters. The maximum Gasteiger partial charge on any atom is 0.449 e. The van der Waals surface area contributed by atoms with E-state index in [4.69, 9.17) is 38.5 Å². The van der Waals surface area contributed by atoms with Crippen molar-refractivity contribution in [3.05, 3.63) is 22.7 Å². The second-order valence-electron chi connectivity index (χ2n) is 16.1. The molecule has 8 nitrogen and oxygen atoms in total. The minimum absolute atomic E-state index is 0.0827. The van der Waals surface area contributed by atoms with Gasteiger partial charge in [0.25, 0.3) is 0 Å². The Balaban J connectivity index is 0.946. The van der Waals surface area contributed by atoms with E-state index in [0.29, 0.717) is 56.5 Å². The molecule has 12 atom stereocenters. The number of alkyl halides is 6. The lowest BCUT2D eigenvalue weighted by Crippen LogP contribution is -2.67. The molecule has 10 rings (SSSR count). The summed E-state index contributed by atoms with van der Waals surface area (Å²) in [5, 5.41) is 0. The number of allylic oxidation sites excluding steroid dienone is 2. The molecule has 51 heavy (non-hydrogen) atoms. The molecule has 288 valence electrons. The van der Waals surface area contributed by atoms with E-state index in [9.17, 15) is 26.3 Å². The van der Waals surface area contributed by atoms with Gasteiger partial charge in [-0.15, -0.1) is 0 Å². The van der Waals surface area contributed by atoms with Crippen LogP contribution >= 0.6 is 23.5 Å². The number of ether oxygens (including phenoxy) is 4. The van der Waals surface area contributed by atoms with Gasteiger partial charge in [-0.2, -0.15) is 49.9 Å². The van der Waals surface area contributed by atoms with Crippen LogP contribution in [0.3, 0.4) is 0 Å². The van der Waals surface area contributed by atoms with E-state index >= 15 is 0 Å². The van der Waals surface area contributed by atoms with Gasteiger partial charge in [-0.05, 0) is 93.3 Å². The summed E-state index contributed by atoms with van der Waals surface area (Å²) in [5.41, 5.74) is -2.00. The average Bonchev–Trinajstić information content (AvgIpc) is 3.43. The molecule has 0 amide bonds. The second kappa shape index (κ2) is 12.8. The molecule has 8 heterocycles. The van der Waals surface area contributed by atoms with E-state index in [1.807, 2.05) is 0 Å². The average molecular weight is 773 g/mol. The molecule has 16 heteroatoms. The third kappa shape index (κ3) is 5.97. The lowest BCUT2D eigenvalue weighted by Gasteiger charge is -2.57. The van der Waals surface area contributed by atoms with Crippen LogP contribution in [0.5, 0.6) is 0 Å². The van der Waals surface area contributed by atoms with Gasteiger partial charge in [-0.1, -0.05) is 13.8 Å². The predicted molar refractivity (Wildman–Crippen MR) is 173 cm³/mol. The van der Waals surface area contributed by atoms with Gasteiger partial charge in [0.05, 0.1) is 0 Å². The van der Waals surface area contributed by atoms with Crippen molar-refractivity contribution in [2.75, 3.05) is 23.0 Å². The SMILES string of the molecule is C[C@@H]1CC[C@H]2C(CSCCCSCC3=C(C(F)(F)F)O[C@@H]4OC5(C)CCC6[C@H](C)CC[C@@H]3[C@]64OO5)=C(C(F)(F)F)O[C@@H]3OC4(C)CCC1[C@]32OO4. The zero-order valence-electron chi connectivity index (χ0n) is 29.2. The number of hydrogen-bond acceptors (Lipinski definition) is 10. The Hall–Kier alpha value is -0.880. The maximum absolute atomic E-state index is 14.5. The van der Waals surface area contributed by atoms with Crippen molar-refractivity contribution >= 4 is 23.5 Å². The number of thioether (sulfide) groups is 2. The van der Waals surface area contributed by atoms with Crippen LogP contribution in [0.25, 0.3) is 0 Å². The maximum atomic E-state index is 14.5. The van der Waals surface area contributed by atoms with E-state index < -0.39 is 71.1 Å². The molecule has 2 saturated carbocycles. The Morgan fingerprint density at radius 1 is 0.608 bits per heavy atom. The van der Waals surface area contributed by atoms with Crippen molar-refractivity contribution in [2.45, 2.75) is 133 Å². The van der Waals surface area contributed by atoms with Crippen LogP contribution in [-0.4, -0.2) is 70.7 Å². The summed E-state index contributed by atoms with van der Waals surface area (Å²) in [7, 11) is 0. The Morgan fingerprint density at radius 2 is 1.02 bits per heavy atom. The molecule has 2 spiro atoms. The molecule has 0 aromatic carbocycles. The fourth-order valence-corrected chi connectivity index (χ4v) is 12.7. The van der Waals surface area contributed by atoms with Crippen LogP contribution in [0, 0.1) is 35.5 Å². The largest absolute Gasteiger partial charge is 0.456 e. The molecular weight excluding hydrogens is 726 g/mol. The third-order valence-electron chi connectivity index (χ3n) is 12.9. The standard InChI is InChI=1S/C35H46F6O8S2/c1-18-6-8-24-20(26(34(36,37)38)42-28-32(24)22(18)10-12-30(3,44-28)46-48-32)16-50-14-5-15-51-17-21-25-9-7-19(2)23-11-13-31(4)45-29(33(23,25)49-47-31)43-27(21)35(39,40)41/h18-19,22-25,28-29H,5-17H2,1-4H3/t18-,19-,22?,23?,24+,25+,28-,29-,30?,31?,32-,33-/m1/s1. The van der Waals surface area contributed by atoms with E-state index in [1.165, 1.54) is 23.5 Å². The van der Waals surface area contributed by atoms with Crippen molar-refractivity contribution in [3.63, 3.8) is 0 Å². The van der Waals surface area contributed by atoms with Gasteiger partial charge in [0.15, 0.2) is 11.2 Å². The number of rotatable bonds is 8. The highest BCUT2D eigenvalue weighted by Gasteiger charge is 2.71. The Labute approximate surface area is 302 Å². The van der Waals surface area contributed by atoms with Gasteiger partial charge in [0.2, 0.25) is 35.7 Å². The quantitative estimate of drug-likeness (QED) is 0.136. The first kappa shape index (κ1) is 37.1. The molecule has 0 aromatic rings. The van der Waals surface area contributed by atoms with Crippen LogP contribution < -0.4 is 0 Å². The van der Waals surface area contributed by atoms with E-state index in [0.717, 1.165) is 12.8 Å². The fourth-order valence-electron chi connectivity index (χ4n) is 10.4. The van der Waals surface area contributed by atoms with Crippen LogP contribution in [0.4, 0.5) is 26.3 Å². The molecule has 6 saturated heterocycles. The van der Waals surface area contributed by atoms with E-state index in [-0.39, 0.29) is 46.3 Å². The van der Waals surface area contributed by atoms with Crippen LogP contribution in [0.15, 0.2) is 22.7 Å². The zero-order valence-corrected chi connectivity index (χ0v) is 30.8. The molecule has 0 radical (unpaired) electrons. The topological polar surface area (TPSA) is 73.8 Å². The second-order valence-corrected chi connectivity index (χ2v) is 18.3.